The second-order valence-electron chi connectivity index (χ2n) is 9.58. The van der Waals surface area contributed by atoms with Gasteiger partial charge in [-0.15, -0.1) is 0 Å². The molecule has 1 aromatic heterocycles. The molecule has 1 saturated carbocycles. The number of anilines is 1. The first-order chi connectivity index (χ1) is 18.4. The predicted molar refractivity (Wildman–Crippen MR) is 127 cm³/mol. The molecule has 0 radical (unpaired) electrons. The molecule has 3 rings (SSSR count). The van der Waals surface area contributed by atoms with Gasteiger partial charge in [-0.2, -0.15) is 4.98 Å². The third kappa shape index (κ3) is 8.94. The second kappa shape index (κ2) is 12.6. The SMILES string of the molecule is CC(CO)(CP(=O)(O)OC1CC1)[C@H](O)COP(=O)([O-])OP(=O)([O-])OC[C@H]1O[C@@H](n2ccc(N)nc2=O)C(O)C1O. The Kier molecular flexibility index (Phi) is 10.5. The van der Waals surface area contributed by atoms with Crippen molar-refractivity contribution in [3.05, 3.63) is 22.7 Å². The van der Waals surface area contributed by atoms with Crippen LogP contribution in [-0.2, 0) is 36.3 Å². The molecular weight excluding hydrogens is 607 g/mol. The van der Waals surface area contributed by atoms with Crippen molar-refractivity contribution in [3.8, 4) is 0 Å². The summed E-state index contributed by atoms with van der Waals surface area (Å²) in [5, 5.41) is 40.3. The Morgan fingerprint density at radius 3 is 2.42 bits per heavy atom. The lowest BCUT2D eigenvalue weighted by atomic mass is 9.88. The summed E-state index contributed by atoms with van der Waals surface area (Å²) in [6, 6.07) is 1.20. The number of nitrogens with zero attached hydrogens (tertiary/aromatic N) is 2. The fourth-order valence-electron chi connectivity index (χ4n) is 3.57. The number of nitrogen functional groups attached to an aromatic ring is 1. The summed E-state index contributed by atoms with van der Waals surface area (Å²) >= 11 is 0. The number of aromatic nitrogens is 2. The van der Waals surface area contributed by atoms with Crippen LogP contribution in [0.1, 0.15) is 26.0 Å². The first kappa shape index (κ1) is 33.4. The highest BCUT2D eigenvalue weighted by Gasteiger charge is 2.45. The maximum absolute atomic E-state index is 12.3. The lowest BCUT2D eigenvalue weighted by Gasteiger charge is -2.36. The van der Waals surface area contributed by atoms with E-state index >= 15 is 0 Å². The zero-order chi connectivity index (χ0) is 30.1. The molecule has 0 spiro atoms. The van der Waals surface area contributed by atoms with Gasteiger partial charge in [-0.25, -0.2) is 9.11 Å². The van der Waals surface area contributed by atoms with E-state index in [4.69, 9.17) is 15.0 Å². The molecule has 6 unspecified atom stereocenters. The highest BCUT2D eigenvalue weighted by atomic mass is 31.3. The van der Waals surface area contributed by atoms with Crippen molar-refractivity contribution < 1.29 is 71.4 Å². The third-order valence-electron chi connectivity index (χ3n) is 6.02. The molecule has 2 fully saturated rings. The average Bonchev–Trinajstić information content (AvgIpc) is 3.59. The molecule has 230 valence electrons. The van der Waals surface area contributed by atoms with Gasteiger partial charge in [0.15, 0.2) is 6.23 Å². The Morgan fingerprint density at radius 1 is 1.23 bits per heavy atom. The molecule has 0 bridgehead atoms. The van der Waals surface area contributed by atoms with E-state index in [1.54, 1.807) is 0 Å². The summed E-state index contributed by atoms with van der Waals surface area (Å²) in [5.41, 5.74) is 2.65. The number of rotatable bonds is 15. The number of ether oxygens (including phenoxy) is 1. The summed E-state index contributed by atoms with van der Waals surface area (Å²) in [4.78, 5) is 49.5. The summed E-state index contributed by atoms with van der Waals surface area (Å²) in [5.74, 6) is -0.132. The highest BCUT2D eigenvalue weighted by Crippen LogP contribution is 2.57. The Labute approximate surface area is 226 Å². The minimum Gasteiger partial charge on any atom is -0.756 e. The van der Waals surface area contributed by atoms with Crippen molar-refractivity contribution in [3.63, 3.8) is 0 Å². The van der Waals surface area contributed by atoms with E-state index in [1.807, 2.05) is 0 Å². The molecule has 2 heterocycles. The molecule has 1 aliphatic carbocycles. The maximum atomic E-state index is 12.3. The molecule has 22 heteroatoms. The van der Waals surface area contributed by atoms with Crippen LogP contribution in [0.3, 0.4) is 0 Å². The number of aliphatic hydroxyl groups excluding tert-OH is 4. The summed E-state index contributed by atoms with van der Waals surface area (Å²) in [7, 11) is -15.8. The molecule has 7 N–H and O–H groups in total. The lowest BCUT2D eigenvalue weighted by Crippen LogP contribution is -2.42. The fourth-order valence-corrected chi connectivity index (χ4v) is 7.56. The summed E-state index contributed by atoms with van der Waals surface area (Å²) in [6.07, 6.45) is -7.50. The molecule has 19 nitrogen and oxygen atoms in total. The van der Waals surface area contributed by atoms with E-state index in [1.165, 1.54) is 6.07 Å². The molecule has 1 aliphatic heterocycles. The topological polar surface area (TPSA) is 306 Å². The lowest BCUT2D eigenvalue weighted by molar-refractivity contribution is -0.247. The zero-order valence-corrected chi connectivity index (χ0v) is 23.6. The van der Waals surface area contributed by atoms with Crippen molar-refractivity contribution in [2.75, 3.05) is 31.7 Å². The van der Waals surface area contributed by atoms with Gasteiger partial charge in [-0.1, -0.05) is 6.92 Å². The number of phosphoric ester groups is 2. The zero-order valence-electron chi connectivity index (χ0n) is 20.9. The van der Waals surface area contributed by atoms with Crippen molar-refractivity contribution in [1.29, 1.82) is 0 Å². The Hall–Kier alpha value is -1.11. The molecule has 1 aromatic rings. The maximum Gasteiger partial charge on any atom is 0.351 e. The first-order valence-corrected chi connectivity index (χ1v) is 16.3. The largest absolute Gasteiger partial charge is 0.756 e. The van der Waals surface area contributed by atoms with Crippen molar-refractivity contribution in [1.82, 2.24) is 9.55 Å². The van der Waals surface area contributed by atoms with Crippen LogP contribution in [0.4, 0.5) is 5.82 Å². The van der Waals surface area contributed by atoms with Crippen LogP contribution in [0.25, 0.3) is 0 Å². The van der Waals surface area contributed by atoms with Gasteiger partial charge in [-0.3, -0.25) is 18.3 Å². The van der Waals surface area contributed by atoms with Crippen LogP contribution in [0.15, 0.2) is 17.1 Å². The van der Waals surface area contributed by atoms with Crippen LogP contribution < -0.4 is 21.2 Å². The quantitative estimate of drug-likeness (QED) is 0.105. The number of phosphoric acid groups is 2. The average molecular weight is 637 g/mol. The van der Waals surface area contributed by atoms with Gasteiger partial charge >= 0.3 is 13.3 Å². The van der Waals surface area contributed by atoms with Crippen LogP contribution >= 0.6 is 23.2 Å². The molecular formula is C18H30N3O16P3-2. The van der Waals surface area contributed by atoms with Crippen LogP contribution in [0, 0.1) is 5.41 Å². The second-order valence-corrected chi connectivity index (χ2v) is 14.3. The van der Waals surface area contributed by atoms with Gasteiger partial charge in [0.2, 0.25) is 0 Å². The van der Waals surface area contributed by atoms with Crippen LogP contribution in [0.5, 0.6) is 0 Å². The predicted octanol–water partition coefficient (Wildman–Crippen LogP) is -2.84. The fraction of sp³-hybridized carbons (Fsp3) is 0.778. The normalized spacial score (nSPS) is 30.1. The molecule has 40 heavy (non-hydrogen) atoms. The molecule has 1 saturated heterocycles. The van der Waals surface area contributed by atoms with Gasteiger partial charge in [0.25, 0.3) is 15.6 Å². The standard InChI is InChI=1S/C18H32N3O16P3/c1-18(8-22,9-38(27,28)36-10-2-3-10)12(23)7-34-40(31,32)37-39(29,30)33-6-11-14(24)15(25)16(35-11)21-5-4-13(19)20-17(21)26/h4-5,10-12,14-16,22-25H,2-3,6-9H2,1H3,(H,27,28)(H,29,30)(H,31,32)(H2,19,20,26)/p-2/t11-,12-,14?,15?,16-,18?/m1/s1. The number of hydrogen-bond acceptors (Lipinski definition) is 17. The summed E-state index contributed by atoms with van der Waals surface area (Å²) < 4.78 is 60.1. The molecule has 0 amide bonds. The highest BCUT2D eigenvalue weighted by molar-refractivity contribution is 7.59. The van der Waals surface area contributed by atoms with Gasteiger partial charge in [-0.05, 0) is 18.9 Å². The Balaban J connectivity index is 1.54. The van der Waals surface area contributed by atoms with Crippen molar-refractivity contribution >= 4 is 29.1 Å². The van der Waals surface area contributed by atoms with Gasteiger partial charge in [0.1, 0.15) is 24.1 Å². The smallest absolute Gasteiger partial charge is 0.351 e. The van der Waals surface area contributed by atoms with E-state index in [2.05, 4.69) is 18.3 Å². The monoisotopic (exact) mass is 637 g/mol. The van der Waals surface area contributed by atoms with Crippen LogP contribution in [-0.4, -0.2) is 91.4 Å². The molecule has 9 atom stereocenters. The van der Waals surface area contributed by atoms with Crippen molar-refractivity contribution in [2.45, 2.75) is 56.5 Å². The minimum absolute atomic E-state index is 0.132. The number of hydrogen-bond donors (Lipinski definition) is 6. The minimum atomic E-state index is -5.74. The van der Waals surface area contributed by atoms with Crippen LogP contribution in [0.2, 0.25) is 0 Å². The van der Waals surface area contributed by atoms with Crippen molar-refractivity contribution in [2.24, 2.45) is 5.41 Å². The first-order valence-electron chi connectivity index (χ1n) is 11.6. The van der Waals surface area contributed by atoms with E-state index < -0.39 is 97.1 Å². The number of aliphatic hydroxyl groups is 4. The van der Waals surface area contributed by atoms with E-state index in [9.17, 15) is 53.6 Å². The van der Waals surface area contributed by atoms with E-state index in [0.29, 0.717) is 12.8 Å². The Bertz CT molecular complexity index is 1240. The van der Waals surface area contributed by atoms with Gasteiger partial charge in [0.05, 0.1) is 38.2 Å². The molecule has 2 aliphatic rings. The van der Waals surface area contributed by atoms with E-state index in [-0.39, 0.29) is 5.82 Å². The van der Waals surface area contributed by atoms with Gasteiger partial charge in [0, 0.05) is 11.6 Å². The summed E-state index contributed by atoms with van der Waals surface area (Å²) in [6.45, 7) is -1.98. The molecule has 0 aromatic carbocycles. The Morgan fingerprint density at radius 2 is 1.85 bits per heavy atom. The third-order valence-corrected chi connectivity index (χ3v) is 10.3. The number of nitrogens with two attached hydrogens (primary N) is 1. The van der Waals surface area contributed by atoms with Gasteiger partial charge < -0.3 is 59.1 Å². The van der Waals surface area contributed by atoms with E-state index in [0.717, 1.165) is 17.7 Å².